The van der Waals surface area contributed by atoms with Crippen molar-refractivity contribution in [3.05, 3.63) is 94.8 Å². The van der Waals surface area contributed by atoms with Crippen molar-refractivity contribution in [1.29, 1.82) is 0 Å². The number of thiophene rings is 1. The number of nitrogens with zero attached hydrogens (tertiary/aromatic N) is 3. The lowest BCUT2D eigenvalue weighted by Gasteiger charge is -2.31. The number of carbonyl (C=O) groups excluding carboxylic acids is 1. The van der Waals surface area contributed by atoms with Crippen LogP contribution in [0.1, 0.15) is 23.3 Å². The van der Waals surface area contributed by atoms with Crippen LogP contribution in [0, 0.1) is 5.92 Å². The zero-order valence-electron chi connectivity index (χ0n) is 19.3. The van der Waals surface area contributed by atoms with Crippen LogP contribution in [0.4, 0.5) is 0 Å². The Bertz CT molecular complexity index is 1180. The van der Waals surface area contributed by atoms with Gasteiger partial charge in [-0.05, 0) is 55.9 Å². The van der Waals surface area contributed by atoms with E-state index in [9.17, 15) is 4.79 Å². The summed E-state index contributed by atoms with van der Waals surface area (Å²) >= 11 is 1.75. The zero-order valence-corrected chi connectivity index (χ0v) is 20.1. The molecule has 0 atom stereocenters. The average Bonchev–Trinajstić information content (AvgIpc) is 3.56. The Hall–Kier alpha value is -3.22. The van der Waals surface area contributed by atoms with Crippen LogP contribution in [-0.4, -0.2) is 40.2 Å². The number of piperidine rings is 1. The highest BCUT2D eigenvalue weighted by Gasteiger charge is 2.26. The molecule has 0 radical (unpaired) electrons. The summed E-state index contributed by atoms with van der Waals surface area (Å²) in [6.07, 6.45) is 4.87. The lowest BCUT2D eigenvalue weighted by Crippen LogP contribution is -2.40. The van der Waals surface area contributed by atoms with Crippen LogP contribution < -0.4 is 5.32 Å². The number of nitrogens with one attached hydrogen (secondary N) is 1. The van der Waals surface area contributed by atoms with Crippen molar-refractivity contribution in [1.82, 2.24) is 20.0 Å². The minimum atomic E-state index is 0.111. The van der Waals surface area contributed by atoms with Crippen molar-refractivity contribution < 1.29 is 4.79 Å². The number of hydrogen-bond donors (Lipinski definition) is 1. The molecule has 5 rings (SSSR count). The molecular formula is C28H30N4OS. The van der Waals surface area contributed by atoms with Crippen LogP contribution in [0.5, 0.6) is 0 Å². The molecule has 0 unspecified atom stereocenters. The topological polar surface area (TPSA) is 50.2 Å². The highest BCUT2D eigenvalue weighted by molar-refractivity contribution is 7.09. The fourth-order valence-corrected chi connectivity index (χ4v) is 5.29. The van der Waals surface area contributed by atoms with Gasteiger partial charge in [0.05, 0.1) is 11.4 Å². The van der Waals surface area contributed by atoms with Gasteiger partial charge in [-0.15, -0.1) is 11.3 Å². The summed E-state index contributed by atoms with van der Waals surface area (Å²) in [5.74, 6) is 0.318. The van der Waals surface area contributed by atoms with E-state index in [4.69, 9.17) is 5.10 Å². The first kappa shape index (κ1) is 22.6. The van der Waals surface area contributed by atoms with Gasteiger partial charge in [0.2, 0.25) is 5.91 Å². The Morgan fingerprint density at radius 2 is 1.71 bits per heavy atom. The number of hydrogen-bond acceptors (Lipinski definition) is 4. The highest BCUT2D eigenvalue weighted by Crippen LogP contribution is 2.27. The molecule has 1 fully saturated rings. The van der Waals surface area contributed by atoms with Crippen LogP contribution in [-0.2, 0) is 17.8 Å². The van der Waals surface area contributed by atoms with Crippen LogP contribution >= 0.6 is 11.3 Å². The maximum Gasteiger partial charge on any atom is 0.223 e. The maximum absolute atomic E-state index is 12.7. The van der Waals surface area contributed by atoms with E-state index < -0.39 is 0 Å². The third-order valence-corrected chi connectivity index (χ3v) is 7.40. The molecule has 2 aromatic carbocycles. The second-order valence-corrected chi connectivity index (χ2v) is 9.85. The van der Waals surface area contributed by atoms with Crippen molar-refractivity contribution in [2.45, 2.75) is 25.8 Å². The third-order valence-electron chi connectivity index (χ3n) is 6.46. The van der Waals surface area contributed by atoms with Gasteiger partial charge in [-0.2, -0.15) is 5.10 Å². The van der Waals surface area contributed by atoms with E-state index in [1.165, 1.54) is 10.4 Å². The molecule has 1 saturated heterocycles. The van der Waals surface area contributed by atoms with Crippen molar-refractivity contribution in [2.24, 2.45) is 5.92 Å². The third kappa shape index (κ3) is 5.46. The first-order valence-electron chi connectivity index (χ1n) is 12.0. The molecule has 1 aliphatic heterocycles. The van der Waals surface area contributed by atoms with Gasteiger partial charge in [0.25, 0.3) is 0 Å². The van der Waals surface area contributed by atoms with Gasteiger partial charge >= 0.3 is 0 Å². The first-order valence-corrected chi connectivity index (χ1v) is 12.9. The SMILES string of the molecule is O=C(NCCc1cccs1)C1CCN(Cc2cn(-c3ccccc3)nc2-c2ccccc2)CC1. The molecule has 1 amide bonds. The predicted octanol–water partition coefficient (Wildman–Crippen LogP) is 5.17. The number of rotatable bonds is 8. The normalized spacial score (nSPS) is 14.8. The van der Waals surface area contributed by atoms with Crippen molar-refractivity contribution >= 4 is 17.2 Å². The van der Waals surface area contributed by atoms with Crippen molar-refractivity contribution in [3.8, 4) is 16.9 Å². The summed E-state index contributed by atoms with van der Waals surface area (Å²) < 4.78 is 1.98. The summed E-state index contributed by atoms with van der Waals surface area (Å²) in [5, 5.41) is 10.2. The van der Waals surface area contributed by atoms with E-state index >= 15 is 0 Å². The van der Waals surface area contributed by atoms with Crippen molar-refractivity contribution in [2.75, 3.05) is 19.6 Å². The smallest absolute Gasteiger partial charge is 0.223 e. The monoisotopic (exact) mass is 470 g/mol. The lowest BCUT2D eigenvalue weighted by molar-refractivity contribution is -0.126. The fourth-order valence-electron chi connectivity index (χ4n) is 4.58. The van der Waals surface area contributed by atoms with E-state index in [-0.39, 0.29) is 11.8 Å². The van der Waals surface area contributed by atoms with Gasteiger partial charge in [0, 0.05) is 41.2 Å². The summed E-state index contributed by atoms with van der Waals surface area (Å²) in [4.78, 5) is 16.4. The predicted molar refractivity (Wildman–Crippen MR) is 138 cm³/mol. The minimum Gasteiger partial charge on any atom is -0.355 e. The molecule has 2 aromatic heterocycles. The molecule has 1 aliphatic rings. The second kappa shape index (κ2) is 10.8. The molecule has 0 aliphatic carbocycles. The van der Waals surface area contributed by atoms with Gasteiger partial charge in [-0.25, -0.2) is 4.68 Å². The lowest BCUT2D eigenvalue weighted by atomic mass is 9.95. The largest absolute Gasteiger partial charge is 0.355 e. The van der Waals surface area contributed by atoms with Gasteiger partial charge in [0.15, 0.2) is 0 Å². The second-order valence-electron chi connectivity index (χ2n) is 8.82. The molecule has 0 spiro atoms. The standard InChI is InChI=1S/C28H30N4OS/c33-28(29-16-13-26-12-7-19-34-26)23-14-17-31(18-15-23)20-24-21-32(25-10-5-2-6-11-25)30-27(24)22-8-3-1-4-9-22/h1-12,19,21,23H,13-18,20H2,(H,29,33). The molecular weight excluding hydrogens is 440 g/mol. The summed E-state index contributed by atoms with van der Waals surface area (Å²) in [6, 6.07) is 24.8. The van der Waals surface area contributed by atoms with Gasteiger partial charge < -0.3 is 5.32 Å². The number of aromatic nitrogens is 2. The molecule has 5 nitrogen and oxygen atoms in total. The van der Waals surface area contributed by atoms with E-state index in [1.807, 2.05) is 28.9 Å². The summed E-state index contributed by atoms with van der Waals surface area (Å²) in [5.41, 5.74) is 4.43. The molecule has 6 heteroatoms. The number of amides is 1. The van der Waals surface area contributed by atoms with Gasteiger partial charge in [-0.3, -0.25) is 9.69 Å². The van der Waals surface area contributed by atoms with Gasteiger partial charge in [0.1, 0.15) is 0 Å². The molecule has 0 saturated carbocycles. The molecule has 174 valence electrons. The molecule has 1 N–H and O–H groups in total. The molecule has 4 aromatic rings. The van der Waals surface area contributed by atoms with E-state index in [2.05, 4.69) is 70.3 Å². The summed E-state index contributed by atoms with van der Waals surface area (Å²) in [6.45, 7) is 3.41. The highest BCUT2D eigenvalue weighted by atomic mass is 32.1. The Balaban J connectivity index is 1.21. The Kier molecular flexibility index (Phi) is 7.17. The summed E-state index contributed by atoms with van der Waals surface area (Å²) in [7, 11) is 0. The number of likely N-dealkylation sites (tertiary alicyclic amines) is 1. The van der Waals surface area contributed by atoms with E-state index in [0.29, 0.717) is 0 Å². The van der Waals surface area contributed by atoms with E-state index in [0.717, 1.165) is 62.4 Å². The number of para-hydroxylation sites is 1. The van der Waals surface area contributed by atoms with Crippen LogP contribution in [0.2, 0.25) is 0 Å². The Morgan fingerprint density at radius 3 is 2.41 bits per heavy atom. The maximum atomic E-state index is 12.7. The number of benzene rings is 2. The zero-order chi connectivity index (χ0) is 23.2. The molecule has 3 heterocycles. The van der Waals surface area contributed by atoms with E-state index in [1.54, 1.807) is 11.3 Å². The quantitative estimate of drug-likeness (QED) is 0.386. The Labute approximate surface area is 205 Å². The minimum absolute atomic E-state index is 0.111. The van der Waals surface area contributed by atoms with Crippen LogP contribution in [0.25, 0.3) is 16.9 Å². The van der Waals surface area contributed by atoms with Crippen LogP contribution in [0.15, 0.2) is 84.4 Å². The number of carbonyl (C=O) groups is 1. The van der Waals surface area contributed by atoms with Crippen molar-refractivity contribution in [3.63, 3.8) is 0 Å². The Morgan fingerprint density at radius 1 is 0.971 bits per heavy atom. The molecule has 0 bridgehead atoms. The average molecular weight is 471 g/mol. The first-order chi connectivity index (χ1) is 16.8. The van der Waals surface area contributed by atoms with Gasteiger partial charge in [-0.1, -0.05) is 54.6 Å². The molecule has 34 heavy (non-hydrogen) atoms. The van der Waals surface area contributed by atoms with Crippen LogP contribution in [0.3, 0.4) is 0 Å². The fraction of sp³-hybridized carbons (Fsp3) is 0.286.